The SMILES string of the molecule is C[C@@H]1CN(Cc2cncn2C2CC2)C[C@@]1(O)C1CCC1. The van der Waals surface area contributed by atoms with Crippen LogP contribution in [0.15, 0.2) is 12.5 Å². The third-order valence-corrected chi connectivity index (χ3v) is 5.75. The maximum absolute atomic E-state index is 11.0. The fourth-order valence-corrected chi connectivity index (χ4v) is 4.05. The highest BCUT2D eigenvalue weighted by molar-refractivity contribution is 5.07. The highest BCUT2D eigenvalue weighted by Crippen LogP contribution is 2.44. The minimum atomic E-state index is -0.442. The third kappa shape index (κ3) is 2.01. The van der Waals surface area contributed by atoms with Crippen LogP contribution in [0, 0.1) is 11.8 Å². The molecule has 1 aromatic heterocycles. The van der Waals surface area contributed by atoms with Crippen molar-refractivity contribution >= 4 is 0 Å². The van der Waals surface area contributed by atoms with E-state index in [2.05, 4.69) is 21.4 Å². The molecule has 1 saturated heterocycles. The zero-order valence-corrected chi connectivity index (χ0v) is 12.3. The summed E-state index contributed by atoms with van der Waals surface area (Å²) >= 11 is 0. The molecule has 2 heterocycles. The zero-order chi connectivity index (χ0) is 13.7. The number of rotatable bonds is 4. The summed E-state index contributed by atoms with van der Waals surface area (Å²) in [6.07, 6.45) is 10.3. The Bertz CT molecular complexity index is 492. The second kappa shape index (κ2) is 4.57. The van der Waals surface area contributed by atoms with Gasteiger partial charge in [-0.25, -0.2) is 4.98 Å². The van der Waals surface area contributed by atoms with Crippen molar-refractivity contribution in [3.63, 3.8) is 0 Å². The van der Waals surface area contributed by atoms with Gasteiger partial charge in [0.1, 0.15) is 0 Å². The first kappa shape index (κ1) is 12.8. The Hall–Kier alpha value is -0.870. The van der Waals surface area contributed by atoms with Gasteiger partial charge in [0.2, 0.25) is 0 Å². The Balaban J connectivity index is 1.46. The van der Waals surface area contributed by atoms with Gasteiger partial charge in [0.05, 0.1) is 17.6 Å². The molecule has 20 heavy (non-hydrogen) atoms. The Labute approximate surface area is 120 Å². The minimum absolute atomic E-state index is 0.394. The number of aliphatic hydroxyl groups is 1. The molecule has 2 saturated carbocycles. The van der Waals surface area contributed by atoms with E-state index in [-0.39, 0.29) is 0 Å². The van der Waals surface area contributed by atoms with E-state index in [1.54, 1.807) is 0 Å². The molecule has 3 aliphatic rings. The fourth-order valence-electron chi connectivity index (χ4n) is 4.05. The van der Waals surface area contributed by atoms with E-state index in [4.69, 9.17) is 0 Å². The van der Waals surface area contributed by atoms with Gasteiger partial charge in [0.25, 0.3) is 0 Å². The van der Waals surface area contributed by atoms with E-state index in [9.17, 15) is 5.11 Å². The van der Waals surface area contributed by atoms with Crippen molar-refractivity contribution in [2.75, 3.05) is 13.1 Å². The van der Waals surface area contributed by atoms with Crippen LogP contribution in [0.3, 0.4) is 0 Å². The van der Waals surface area contributed by atoms with Gasteiger partial charge in [-0.05, 0) is 37.5 Å². The lowest BCUT2D eigenvalue weighted by atomic mass is 9.69. The molecule has 2 aliphatic carbocycles. The van der Waals surface area contributed by atoms with Crippen LogP contribution in [-0.4, -0.2) is 38.2 Å². The number of hydrogen-bond donors (Lipinski definition) is 1. The highest BCUT2D eigenvalue weighted by atomic mass is 16.3. The van der Waals surface area contributed by atoms with Crippen molar-refractivity contribution in [2.45, 2.75) is 57.2 Å². The van der Waals surface area contributed by atoms with Gasteiger partial charge >= 0.3 is 0 Å². The molecule has 0 unspecified atom stereocenters. The van der Waals surface area contributed by atoms with Crippen LogP contribution in [0.25, 0.3) is 0 Å². The summed E-state index contributed by atoms with van der Waals surface area (Å²) in [5.41, 5.74) is 0.875. The molecule has 0 aromatic carbocycles. The molecule has 0 amide bonds. The Morgan fingerprint density at radius 2 is 2.15 bits per heavy atom. The van der Waals surface area contributed by atoms with Crippen LogP contribution in [0.4, 0.5) is 0 Å². The second-order valence-corrected chi connectivity index (χ2v) is 7.21. The zero-order valence-electron chi connectivity index (χ0n) is 12.3. The molecule has 1 aliphatic heterocycles. The number of aromatic nitrogens is 2. The lowest BCUT2D eigenvalue weighted by Gasteiger charge is -2.41. The van der Waals surface area contributed by atoms with E-state index in [1.165, 1.54) is 37.8 Å². The third-order valence-electron chi connectivity index (χ3n) is 5.75. The van der Waals surface area contributed by atoms with Gasteiger partial charge in [-0.1, -0.05) is 13.3 Å². The largest absolute Gasteiger partial charge is 0.388 e. The van der Waals surface area contributed by atoms with Crippen LogP contribution in [0.2, 0.25) is 0 Å². The van der Waals surface area contributed by atoms with Crippen LogP contribution in [0.1, 0.15) is 50.8 Å². The maximum atomic E-state index is 11.0. The number of nitrogens with zero attached hydrogens (tertiary/aromatic N) is 3. The molecular weight excluding hydrogens is 250 g/mol. The predicted octanol–water partition coefficient (Wildman–Crippen LogP) is 2.20. The summed E-state index contributed by atoms with van der Waals surface area (Å²) in [4.78, 5) is 6.75. The molecule has 4 heteroatoms. The molecule has 0 radical (unpaired) electrons. The van der Waals surface area contributed by atoms with Crippen molar-refractivity contribution < 1.29 is 5.11 Å². The maximum Gasteiger partial charge on any atom is 0.0951 e. The molecule has 1 N–H and O–H groups in total. The van der Waals surface area contributed by atoms with Crippen LogP contribution >= 0.6 is 0 Å². The van der Waals surface area contributed by atoms with E-state index < -0.39 is 5.60 Å². The van der Waals surface area contributed by atoms with Crippen molar-refractivity contribution in [1.82, 2.24) is 14.5 Å². The van der Waals surface area contributed by atoms with E-state index in [0.29, 0.717) is 17.9 Å². The smallest absolute Gasteiger partial charge is 0.0951 e. The number of β-amino-alcohol motifs (C(OH)–C–C–N with tert-alkyl or cyclic N) is 1. The molecule has 0 bridgehead atoms. The molecule has 4 nitrogen and oxygen atoms in total. The Morgan fingerprint density at radius 3 is 2.80 bits per heavy atom. The Kier molecular flexibility index (Phi) is 2.93. The average Bonchev–Trinajstić information content (AvgIpc) is 3.01. The monoisotopic (exact) mass is 275 g/mol. The average molecular weight is 275 g/mol. The van der Waals surface area contributed by atoms with Gasteiger partial charge < -0.3 is 9.67 Å². The second-order valence-electron chi connectivity index (χ2n) is 7.21. The number of imidazole rings is 1. The molecule has 4 rings (SSSR count). The summed E-state index contributed by atoms with van der Waals surface area (Å²) in [7, 11) is 0. The van der Waals surface area contributed by atoms with Crippen LogP contribution in [-0.2, 0) is 6.54 Å². The molecule has 2 atom stereocenters. The quantitative estimate of drug-likeness (QED) is 0.916. The summed E-state index contributed by atoms with van der Waals surface area (Å²) in [5, 5.41) is 11.0. The molecule has 0 spiro atoms. The normalized spacial score (nSPS) is 35.4. The molecular formula is C16H25N3O. The summed E-state index contributed by atoms with van der Waals surface area (Å²) < 4.78 is 2.34. The molecule has 1 aromatic rings. The van der Waals surface area contributed by atoms with Gasteiger partial charge in [-0.2, -0.15) is 0 Å². The van der Waals surface area contributed by atoms with Gasteiger partial charge in [0, 0.05) is 31.9 Å². The number of hydrogen-bond acceptors (Lipinski definition) is 3. The van der Waals surface area contributed by atoms with Crippen molar-refractivity contribution in [1.29, 1.82) is 0 Å². The first-order valence-corrected chi connectivity index (χ1v) is 8.12. The summed E-state index contributed by atoms with van der Waals surface area (Å²) in [6.45, 7) is 5.02. The van der Waals surface area contributed by atoms with Crippen molar-refractivity contribution in [3.05, 3.63) is 18.2 Å². The lowest BCUT2D eigenvalue weighted by molar-refractivity contribution is -0.0673. The first-order chi connectivity index (χ1) is 9.67. The Morgan fingerprint density at radius 1 is 1.35 bits per heavy atom. The molecule has 110 valence electrons. The van der Waals surface area contributed by atoms with Crippen molar-refractivity contribution in [3.8, 4) is 0 Å². The standard InChI is InChI=1S/C16H25N3O/c1-12-8-18(10-16(12,20)13-3-2-4-13)9-15-7-17-11-19(15)14-5-6-14/h7,11-14,20H,2-6,8-10H2,1H3/t12-,16+/m1/s1. The van der Waals surface area contributed by atoms with E-state index in [1.807, 2.05) is 12.5 Å². The van der Waals surface area contributed by atoms with Gasteiger partial charge in [-0.15, -0.1) is 0 Å². The predicted molar refractivity (Wildman–Crippen MR) is 77.2 cm³/mol. The van der Waals surface area contributed by atoms with Crippen molar-refractivity contribution in [2.24, 2.45) is 11.8 Å². The number of likely N-dealkylation sites (tertiary alicyclic amines) is 1. The lowest BCUT2D eigenvalue weighted by Crippen LogP contribution is -2.47. The van der Waals surface area contributed by atoms with E-state index in [0.717, 1.165) is 19.6 Å². The topological polar surface area (TPSA) is 41.3 Å². The fraction of sp³-hybridized carbons (Fsp3) is 0.812. The highest BCUT2D eigenvalue weighted by Gasteiger charge is 2.49. The minimum Gasteiger partial charge on any atom is -0.388 e. The van der Waals surface area contributed by atoms with E-state index >= 15 is 0 Å². The van der Waals surface area contributed by atoms with Crippen LogP contribution in [0.5, 0.6) is 0 Å². The summed E-state index contributed by atoms with van der Waals surface area (Å²) in [6, 6.07) is 0.693. The summed E-state index contributed by atoms with van der Waals surface area (Å²) in [5.74, 6) is 0.931. The first-order valence-electron chi connectivity index (χ1n) is 8.12. The molecule has 3 fully saturated rings. The van der Waals surface area contributed by atoms with Gasteiger partial charge in [-0.3, -0.25) is 4.90 Å². The van der Waals surface area contributed by atoms with Crippen LogP contribution < -0.4 is 0 Å². The van der Waals surface area contributed by atoms with Gasteiger partial charge in [0.15, 0.2) is 0 Å².